The third kappa shape index (κ3) is 2.55. The summed E-state index contributed by atoms with van der Waals surface area (Å²) in [6.07, 6.45) is 7.08. The Hall–Kier alpha value is -1.91. The third-order valence-corrected chi connectivity index (χ3v) is 1.27. The summed E-state index contributed by atoms with van der Waals surface area (Å²) in [6, 6.07) is 0. The first-order valence-corrected chi connectivity index (χ1v) is 3.69. The van der Waals surface area contributed by atoms with E-state index in [0.29, 0.717) is 11.4 Å². The maximum atomic E-state index is 7.11. The summed E-state index contributed by atoms with van der Waals surface area (Å²) < 4.78 is 0. The van der Waals surface area contributed by atoms with Crippen LogP contribution in [0, 0.1) is 5.41 Å². The molecule has 0 bridgehead atoms. The average molecular weight is 175 g/mol. The van der Waals surface area contributed by atoms with Crippen molar-refractivity contribution in [2.45, 2.75) is 6.92 Å². The van der Waals surface area contributed by atoms with Gasteiger partial charge in [-0.3, -0.25) is 4.99 Å². The molecule has 0 radical (unpaired) electrons. The lowest BCUT2D eigenvalue weighted by Crippen LogP contribution is -1.94. The van der Waals surface area contributed by atoms with E-state index >= 15 is 0 Å². The van der Waals surface area contributed by atoms with Crippen LogP contribution in [0.3, 0.4) is 0 Å². The van der Waals surface area contributed by atoms with Crippen molar-refractivity contribution in [3.8, 4) is 0 Å². The van der Waals surface area contributed by atoms with E-state index in [1.54, 1.807) is 13.1 Å². The van der Waals surface area contributed by atoms with Gasteiger partial charge in [0.05, 0.1) is 5.57 Å². The van der Waals surface area contributed by atoms with Gasteiger partial charge in [0, 0.05) is 18.6 Å². The Morgan fingerprint density at radius 1 is 1.46 bits per heavy atom. The van der Waals surface area contributed by atoms with E-state index < -0.39 is 0 Å². The Labute approximate surface area is 75.8 Å². The van der Waals surface area contributed by atoms with Crippen LogP contribution in [0.4, 0.5) is 0 Å². The van der Waals surface area contributed by atoms with Gasteiger partial charge in [0.25, 0.3) is 0 Å². The summed E-state index contributed by atoms with van der Waals surface area (Å²) in [7, 11) is 0. The van der Waals surface area contributed by atoms with Crippen LogP contribution in [0.15, 0.2) is 23.8 Å². The number of aromatic nitrogens is 3. The summed E-state index contributed by atoms with van der Waals surface area (Å²) in [6.45, 7) is 1.80. The van der Waals surface area contributed by atoms with Crippen molar-refractivity contribution in [1.29, 1.82) is 5.41 Å². The van der Waals surface area contributed by atoms with Gasteiger partial charge in [0.1, 0.15) is 12.7 Å². The van der Waals surface area contributed by atoms with Crippen molar-refractivity contribution in [2.24, 2.45) is 4.99 Å². The number of nitrogens with one attached hydrogen (secondary N) is 1. The highest BCUT2D eigenvalue weighted by molar-refractivity contribution is 6.06. The second-order valence-corrected chi connectivity index (χ2v) is 2.10. The molecule has 0 aliphatic rings. The highest BCUT2D eigenvalue weighted by Crippen LogP contribution is 2.03. The molecule has 5 heteroatoms. The van der Waals surface area contributed by atoms with Crippen LogP contribution >= 0.6 is 0 Å². The molecule has 1 heterocycles. The van der Waals surface area contributed by atoms with Crippen LogP contribution in [0.25, 0.3) is 5.57 Å². The van der Waals surface area contributed by atoms with Crippen molar-refractivity contribution >= 4 is 18.0 Å². The molecular weight excluding hydrogens is 166 g/mol. The van der Waals surface area contributed by atoms with Gasteiger partial charge in [-0.1, -0.05) is 0 Å². The number of hydrogen-bond donors (Lipinski definition) is 1. The van der Waals surface area contributed by atoms with Crippen LogP contribution < -0.4 is 0 Å². The number of nitrogens with zero attached hydrogens (tertiary/aromatic N) is 4. The zero-order chi connectivity index (χ0) is 9.52. The standard InChI is InChI=1S/C8H9N5/c1-2-10-4-7(3-9)8-12-5-11-6-13-8/h2-6,9H,1H3/b7-4+,9-3?,10-2?. The monoisotopic (exact) mass is 175 g/mol. The lowest BCUT2D eigenvalue weighted by atomic mass is 10.3. The molecule has 0 saturated carbocycles. The molecule has 0 fully saturated rings. The number of rotatable bonds is 3. The van der Waals surface area contributed by atoms with Crippen molar-refractivity contribution in [2.75, 3.05) is 0 Å². The minimum atomic E-state index is 0.454. The van der Waals surface area contributed by atoms with Gasteiger partial charge in [-0.15, -0.1) is 0 Å². The zero-order valence-corrected chi connectivity index (χ0v) is 7.18. The maximum Gasteiger partial charge on any atom is 0.165 e. The molecule has 0 atom stereocenters. The largest absolute Gasteiger partial charge is 0.308 e. The Morgan fingerprint density at radius 3 is 2.69 bits per heavy atom. The molecule has 1 N–H and O–H groups in total. The van der Waals surface area contributed by atoms with E-state index in [1.165, 1.54) is 18.9 Å². The SMILES string of the molecule is CC=N/C=C(\C=N)c1ncncn1. The topological polar surface area (TPSA) is 74.9 Å². The zero-order valence-electron chi connectivity index (χ0n) is 7.18. The molecule has 1 aromatic rings. The van der Waals surface area contributed by atoms with Crippen molar-refractivity contribution in [3.05, 3.63) is 24.7 Å². The minimum Gasteiger partial charge on any atom is -0.308 e. The fourth-order valence-electron chi connectivity index (χ4n) is 0.703. The van der Waals surface area contributed by atoms with Gasteiger partial charge in [0.15, 0.2) is 5.82 Å². The molecule has 0 saturated heterocycles. The van der Waals surface area contributed by atoms with Crippen LogP contribution in [0.2, 0.25) is 0 Å². The number of hydrogen-bond acceptors (Lipinski definition) is 5. The van der Waals surface area contributed by atoms with E-state index in [2.05, 4.69) is 19.9 Å². The lowest BCUT2D eigenvalue weighted by molar-refractivity contribution is 1.02. The first-order chi connectivity index (χ1) is 6.38. The van der Waals surface area contributed by atoms with Crippen LogP contribution in [0.1, 0.15) is 12.7 Å². The predicted octanol–water partition coefficient (Wildman–Crippen LogP) is 0.953. The van der Waals surface area contributed by atoms with Crippen molar-refractivity contribution < 1.29 is 0 Å². The van der Waals surface area contributed by atoms with Crippen molar-refractivity contribution in [1.82, 2.24) is 15.0 Å². The highest BCUT2D eigenvalue weighted by atomic mass is 15.0. The third-order valence-electron chi connectivity index (χ3n) is 1.27. The number of allylic oxidation sites excluding steroid dienone is 1. The molecule has 1 rings (SSSR count). The first-order valence-electron chi connectivity index (χ1n) is 3.69. The molecule has 0 spiro atoms. The Morgan fingerprint density at radius 2 is 2.15 bits per heavy atom. The quantitative estimate of drug-likeness (QED) is 0.695. The Balaban J connectivity index is 2.98. The van der Waals surface area contributed by atoms with Crippen LogP contribution in [0.5, 0.6) is 0 Å². The molecule has 0 aromatic carbocycles. The average Bonchev–Trinajstić information content (AvgIpc) is 2.21. The van der Waals surface area contributed by atoms with E-state index in [-0.39, 0.29) is 0 Å². The molecule has 0 unspecified atom stereocenters. The second kappa shape index (κ2) is 4.87. The highest BCUT2D eigenvalue weighted by Gasteiger charge is 1.98. The van der Waals surface area contributed by atoms with Gasteiger partial charge < -0.3 is 5.41 Å². The normalized spacial score (nSPS) is 11.9. The molecule has 0 aliphatic carbocycles. The molecule has 0 aliphatic heterocycles. The minimum absolute atomic E-state index is 0.454. The van der Waals surface area contributed by atoms with Gasteiger partial charge >= 0.3 is 0 Å². The summed E-state index contributed by atoms with van der Waals surface area (Å²) in [5.41, 5.74) is 0.556. The smallest absolute Gasteiger partial charge is 0.165 e. The van der Waals surface area contributed by atoms with Gasteiger partial charge in [-0.05, 0) is 6.92 Å². The van der Waals surface area contributed by atoms with Gasteiger partial charge in [-0.25, -0.2) is 15.0 Å². The fourth-order valence-corrected chi connectivity index (χ4v) is 0.703. The lowest BCUT2D eigenvalue weighted by Gasteiger charge is -1.94. The fraction of sp³-hybridized carbons (Fsp3) is 0.125. The summed E-state index contributed by atoms with van der Waals surface area (Å²) in [5, 5.41) is 7.11. The van der Waals surface area contributed by atoms with Gasteiger partial charge in [0.2, 0.25) is 0 Å². The van der Waals surface area contributed by atoms with Crippen LogP contribution in [-0.4, -0.2) is 27.4 Å². The molecule has 66 valence electrons. The number of aliphatic imine (C=N–C) groups is 1. The summed E-state index contributed by atoms with van der Waals surface area (Å²) in [4.78, 5) is 15.3. The Kier molecular flexibility index (Phi) is 3.44. The Bertz CT molecular complexity index is 328. The van der Waals surface area contributed by atoms with E-state index in [9.17, 15) is 0 Å². The van der Waals surface area contributed by atoms with E-state index in [1.807, 2.05) is 0 Å². The molecule has 13 heavy (non-hydrogen) atoms. The second-order valence-electron chi connectivity index (χ2n) is 2.10. The van der Waals surface area contributed by atoms with E-state index in [0.717, 1.165) is 6.21 Å². The van der Waals surface area contributed by atoms with E-state index in [4.69, 9.17) is 5.41 Å². The molecule has 1 aromatic heterocycles. The predicted molar refractivity (Wildman–Crippen MR) is 50.8 cm³/mol. The van der Waals surface area contributed by atoms with Gasteiger partial charge in [-0.2, -0.15) is 0 Å². The molecular formula is C8H9N5. The maximum absolute atomic E-state index is 7.11. The van der Waals surface area contributed by atoms with Crippen LogP contribution in [-0.2, 0) is 0 Å². The summed E-state index contributed by atoms with van der Waals surface area (Å²) >= 11 is 0. The first kappa shape index (κ1) is 9.18. The molecule has 0 amide bonds. The van der Waals surface area contributed by atoms with Crippen molar-refractivity contribution in [3.63, 3.8) is 0 Å². The summed E-state index contributed by atoms with van der Waals surface area (Å²) in [5.74, 6) is 0.454. The molecule has 5 nitrogen and oxygen atoms in total.